The monoisotopic (exact) mass is 859 g/mol. The number of unbranched alkanes of at least 4 members (excludes halogenated alkanes) is 34. The quantitative estimate of drug-likeness (QED) is 0.0262. The highest BCUT2D eigenvalue weighted by atomic mass is 16.6. The lowest BCUT2D eigenvalue weighted by Crippen LogP contribution is -2.30. The SMILES string of the molecule is CCC/C=C\C/C=C\CCCCCCCC(=O)OC(COC(=O)CCCCCCCCCCC)COC(=O)CCCCCCCCCCCCCCCCCCCCCCC. The van der Waals surface area contributed by atoms with Gasteiger partial charge in [-0.15, -0.1) is 0 Å². The molecule has 1 atom stereocenters. The summed E-state index contributed by atoms with van der Waals surface area (Å²) in [6.07, 6.45) is 57.5. The van der Waals surface area contributed by atoms with E-state index in [1.165, 1.54) is 161 Å². The molecule has 0 fully saturated rings. The van der Waals surface area contributed by atoms with Crippen LogP contribution in [0.4, 0.5) is 0 Å². The van der Waals surface area contributed by atoms with Gasteiger partial charge in [0.2, 0.25) is 0 Å². The standard InChI is InChI=1S/C55H102O6/c1-4-7-10-13-16-19-21-23-24-25-26-27-28-29-30-32-33-36-39-42-45-48-54(57)60-51-52(50-59-53(56)47-44-41-38-35-18-15-12-9-6-3)61-55(58)49-46-43-40-37-34-31-22-20-17-14-11-8-5-2/h11,14,20,22,52H,4-10,12-13,15-19,21,23-51H2,1-3H3/b14-11-,22-20-. The molecule has 0 aliphatic carbocycles. The van der Waals surface area contributed by atoms with Crippen LogP contribution in [-0.4, -0.2) is 37.2 Å². The minimum Gasteiger partial charge on any atom is -0.462 e. The molecule has 0 N–H and O–H groups in total. The van der Waals surface area contributed by atoms with E-state index in [4.69, 9.17) is 14.2 Å². The van der Waals surface area contributed by atoms with E-state index in [-0.39, 0.29) is 31.1 Å². The number of carbonyl (C=O) groups is 3. The number of rotatable bonds is 49. The van der Waals surface area contributed by atoms with E-state index in [9.17, 15) is 14.4 Å². The fourth-order valence-corrected chi connectivity index (χ4v) is 7.89. The molecule has 6 heteroatoms. The summed E-state index contributed by atoms with van der Waals surface area (Å²) in [5.41, 5.74) is 0. The topological polar surface area (TPSA) is 78.9 Å². The van der Waals surface area contributed by atoms with Crippen molar-refractivity contribution in [1.82, 2.24) is 0 Å². The molecule has 0 spiro atoms. The molecule has 0 aliphatic rings. The van der Waals surface area contributed by atoms with Crippen LogP contribution in [0, 0.1) is 0 Å². The third kappa shape index (κ3) is 48.8. The first kappa shape index (κ1) is 58.9. The average molecular weight is 859 g/mol. The van der Waals surface area contributed by atoms with Crippen molar-refractivity contribution in [2.24, 2.45) is 0 Å². The molecule has 1 unspecified atom stereocenters. The number of allylic oxidation sites excluding steroid dienone is 4. The maximum Gasteiger partial charge on any atom is 0.306 e. The average Bonchev–Trinajstić information content (AvgIpc) is 3.26. The summed E-state index contributed by atoms with van der Waals surface area (Å²) in [4.78, 5) is 37.9. The predicted molar refractivity (Wildman–Crippen MR) is 261 cm³/mol. The van der Waals surface area contributed by atoms with Crippen LogP contribution in [0.2, 0.25) is 0 Å². The molecule has 0 amide bonds. The van der Waals surface area contributed by atoms with Crippen LogP contribution in [-0.2, 0) is 28.6 Å². The fourth-order valence-electron chi connectivity index (χ4n) is 7.89. The van der Waals surface area contributed by atoms with Gasteiger partial charge in [0, 0.05) is 19.3 Å². The van der Waals surface area contributed by atoms with Gasteiger partial charge >= 0.3 is 17.9 Å². The van der Waals surface area contributed by atoms with Crippen LogP contribution >= 0.6 is 0 Å². The minimum absolute atomic E-state index is 0.0724. The van der Waals surface area contributed by atoms with Gasteiger partial charge in [0.05, 0.1) is 0 Å². The number of ether oxygens (including phenoxy) is 3. The van der Waals surface area contributed by atoms with Crippen LogP contribution in [0.3, 0.4) is 0 Å². The van der Waals surface area contributed by atoms with Gasteiger partial charge in [0.15, 0.2) is 6.10 Å². The van der Waals surface area contributed by atoms with Crippen molar-refractivity contribution < 1.29 is 28.6 Å². The summed E-state index contributed by atoms with van der Waals surface area (Å²) in [7, 11) is 0. The molecule has 0 saturated heterocycles. The lowest BCUT2D eigenvalue weighted by Gasteiger charge is -2.18. The highest BCUT2D eigenvalue weighted by molar-refractivity contribution is 5.71. The maximum atomic E-state index is 12.8. The Hall–Kier alpha value is -2.11. The molecule has 0 radical (unpaired) electrons. The summed E-state index contributed by atoms with van der Waals surface area (Å²) in [6.45, 7) is 6.58. The van der Waals surface area contributed by atoms with Crippen LogP contribution in [0.15, 0.2) is 24.3 Å². The van der Waals surface area contributed by atoms with Gasteiger partial charge in [-0.1, -0.05) is 251 Å². The minimum atomic E-state index is -0.771. The van der Waals surface area contributed by atoms with Gasteiger partial charge in [-0.3, -0.25) is 14.4 Å². The molecule has 0 heterocycles. The molecular weight excluding hydrogens is 757 g/mol. The highest BCUT2D eigenvalue weighted by Crippen LogP contribution is 2.17. The van der Waals surface area contributed by atoms with E-state index in [1.54, 1.807) is 0 Å². The third-order valence-corrected chi connectivity index (χ3v) is 11.9. The van der Waals surface area contributed by atoms with E-state index in [0.717, 1.165) is 89.9 Å². The summed E-state index contributed by atoms with van der Waals surface area (Å²) in [5, 5.41) is 0. The molecule has 0 bridgehead atoms. The van der Waals surface area contributed by atoms with Crippen molar-refractivity contribution in [2.75, 3.05) is 13.2 Å². The molecular formula is C55H102O6. The zero-order chi connectivity index (χ0) is 44.4. The van der Waals surface area contributed by atoms with Crippen molar-refractivity contribution in [3.63, 3.8) is 0 Å². The molecule has 0 saturated carbocycles. The second kappa shape index (κ2) is 50.5. The Kier molecular flexibility index (Phi) is 48.8. The van der Waals surface area contributed by atoms with Crippen molar-refractivity contribution in [2.45, 2.75) is 297 Å². The normalized spacial score (nSPS) is 12.1. The Bertz CT molecular complexity index is 989. The molecule has 6 nitrogen and oxygen atoms in total. The number of esters is 3. The predicted octanol–water partition coefficient (Wildman–Crippen LogP) is 17.5. The largest absolute Gasteiger partial charge is 0.462 e. The summed E-state index contributed by atoms with van der Waals surface area (Å²) < 4.78 is 16.8. The van der Waals surface area contributed by atoms with Crippen LogP contribution in [0.5, 0.6) is 0 Å². The molecule has 358 valence electrons. The maximum absolute atomic E-state index is 12.8. The molecule has 0 aromatic carbocycles. The van der Waals surface area contributed by atoms with Crippen LogP contribution in [0.25, 0.3) is 0 Å². The van der Waals surface area contributed by atoms with Crippen molar-refractivity contribution in [1.29, 1.82) is 0 Å². The molecule has 61 heavy (non-hydrogen) atoms. The molecule has 0 aromatic heterocycles. The van der Waals surface area contributed by atoms with Crippen molar-refractivity contribution in [3.05, 3.63) is 24.3 Å². The van der Waals surface area contributed by atoms with Gasteiger partial charge in [-0.25, -0.2) is 0 Å². The zero-order valence-electron chi connectivity index (χ0n) is 40.9. The zero-order valence-corrected chi connectivity index (χ0v) is 40.9. The van der Waals surface area contributed by atoms with Crippen LogP contribution < -0.4 is 0 Å². The van der Waals surface area contributed by atoms with E-state index >= 15 is 0 Å². The van der Waals surface area contributed by atoms with Gasteiger partial charge in [0.25, 0.3) is 0 Å². The lowest BCUT2D eigenvalue weighted by atomic mass is 10.0. The summed E-state index contributed by atoms with van der Waals surface area (Å²) in [6, 6.07) is 0. The summed E-state index contributed by atoms with van der Waals surface area (Å²) in [5.74, 6) is -0.875. The smallest absolute Gasteiger partial charge is 0.306 e. The Balaban J connectivity index is 4.20. The highest BCUT2D eigenvalue weighted by Gasteiger charge is 2.19. The van der Waals surface area contributed by atoms with Gasteiger partial charge < -0.3 is 14.2 Å². The van der Waals surface area contributed by atoms with E-state index < -0.39 is 6.10 Å². The first-order valence-electron chi connectivity index (χ1n) is 26.8. The van der Waals surface area contributed by atoms with Crippen LogP contribution in [0.1, 0.15) is 290 Å². The Morgan fingerprint density at radius 1 is 0.328 bits per heavy atom. The van der Waals surface area contributed by atoms with E-state index in [0.29, 0.717) is 19.3 Å². The van der Waals surface area contributed by atoms with E-state index in [2.05, 4.69) is 45.1 Å². The Morgan fingerprint density at radius 3 is 0.967 bits per heavy atom. The Labute approximate surface area is 379 Å². The first-order valence-corrected chi connectivity index (χ1v) is 26.8. The first-order chi connectivity index (χ1) is 30.0. The fraction of sp³-hybridized carbons (Fsp3) is 0.873. The second-order valence-electron chi connectivity index (χ2n) is 18.2. The molecule has 0 aromatic rings. The summed E-state index contributed by atoms with van der Waals surface area (Å²) >= 11 is 0. The number of hydrogen-bond acceptors (Lipinski definition) is 6. The van der Waals surface area contributed by atoms with Gasteiger partial charge in [-0.05, 0) is 44.9 Å². The number of hydrogen-bond donors (Lipinski definition) is 0. The van der Waals surface area contributed by atoms with Crippen molar-refractivity contribution >= 4 is 17.9 Å². The third-order valence-electron chi connectivity index (χ3n) is 11.9. The van der Waals surface area contributed by atoms with Gasteiger partial charge in [-0.2, -0.15) is 0 Å². The Morgan fingerprint density at radius 2 is 0.623 bits per heavy atom. The second-order valence-corrected chi connectivity index (χ2v) is 18.2. The van der Waals surface area contributed by atoms with E-state index in [1.807, 2.05) is 0 Å². The van der Waals surface area contributed by atoms with Gasteiger partial charge in [0.1, 0.15) is 13.2 Å². The molecule has 0 rings (SSSR count). The van der Waals surface area contributed by atoms with Crippen molar-refractivity contribution in [3.8, 4) is 0 Å². The lowest BCUT2D eigenvalue weighted by molar-refractivity contribution is -0.167. The number of carbonyl (C=O) groups excluding carboxylic acids is 3. The molecule has 0 aliphatic heterocycles.